The smallest absolute Gasteiger partial charge is 0.293 e. The molecule has 104 valence electrons. The lowest BCUT2D eigenvalue weighted by molar-refractivity contribution is -0.117. The Morgan fingerprint density at radius 3 is 2.80 bits per heavy atom. The van der Waals surface area contributed by atoms with Gasteiger partial charge in [0.1, 0.15) is 0 Å². The molecule has 0 aliphatic rings. The highest BCUT2D eigenvalue weighted by Gasteiger charge is 2.13. The van der Waals surface area contributed by atoms with Crippen molar-refractivity contribution >= 4 is 45.2 Å². The number of halogens is 1. The molecule has 2 aromatic rings. The number of hydrogen-bond donors (Lipinski definition) is 2. The van der Waals surface area contributed by atoms with E-state index in [0.29, 0.717) is 5.69 Å². The Labute approximate surface area is 128 Å². The zero-order valence-electron chi connectivity index (χ0n) is 10.3. The van der Waals surface area contributed by atoms with E-state index in [9.17, 15) is 9.59 Å². The van der Waals surface area contributed by atoms with E-state index in [1.54, 1.807) is 12.1 Å². The Kier molecular flexibility index (Phi) is 4.86. The van der Waals surface area contributed by atoms with Crippen LogP contribution in [-0.2, 0) is 4.79 Å². The van der Waals surface area contributed by atoms with Gasteiger partial charge in [0, 0.05) is 15.1 Å². The number of anilines is 1. The van der Waals surface area contributed by atoms with Crippen LogP contribution in [0.3, 0.4) is 0 Å². The predicted octanol–water partition coefficient (Wildman–Crippen LogP) is 2.67. The lowest BCUT2D eigenvalue weighted by Gasteiger charge is -2.05. The number of nitrogens with two attached hydrogens (primary N) is 1. The van der Waals surface area contributed by atoms with Crippen LogP contribution >= 0.6 is 27.7 Å². The molecule has 0 fully saturated rings. The number of imide groups is 1. The number of rotatable bonds is 4. The fourth-order valence-corrected chi connectivity index (χ4v) is 2.55. The van der Waals surface area contributed by atoms with Crippen LogP contribution in [-0.4, -0.2) is 17.6 Å². The molecule has 0 unspecified atom stereocenters. The molecule has 0 saturated carbocycles. The molecule has 1 aromatic carbocycles. The molecule has 7 heteroatoms. The molecule has 0 aliphatic carbocycles. The van der Waals surface area contributed by atoms with Crippen molar-refractivity contribution in [2.75, 3.05) is 11.5 Å². The minimum Gasteiger partial charge on any atom is -0.459 e. The Hall–Kier alpha value is -1.73. The first kappa shape index (κ1) is 14.7. The predicted molar refractivity (Wildman–Crippen MR) is 80.5 cm³/mol. The number of nitrogen functional groups attached to an aromatic ring is 1. The molecule has 1 heterocycles. The van der Waals surface area contributed by atoms with Crippen molar-refractivity contribution in [2.24, 2.45) is 0 Å². The second-order valence-electron chi connectivity index (χ2n) is 3.83. The van der Waals surface area contributed by atoms with E-state index < -0.39 is 11.8 Å². The van der Waals surface area contributed by atoms with E-state index in [2.05, 4.69) is 21.2 Å². The molecule has 0 aliphatic heterocycles. The van der Waals surface area contributed by atoms with Gasteiger partial charge in [-0.1, -0.05) is 15.9 Å². The Morgan fingerprint density at radius 1 is 1.35 bits per heavy atom. The maximum Gasteiger partial charge on any atom is 0.293 e. The van der Waals surface area contributed by atoms with E-state index >= 15 is 0 Å². The zero-order valence-corrected chi connectivity index (χ0v) is 12.7. The van der Waals surface area contributed by atoms with Crippen molar-refractivity contribution in [3.05, 3.63) is 46.8 Å². The number of carbonyl (C=O) groups is 2. The van der Waals surface area contributed by atoms with Crippen LogP contribution in [0.1, 0.15) is 10.6 Å². The molecule has 0 bridgehead atoms. The Balaban J connectivity index is 1.88. The van der Waals surface area contributed by atoms with Gasteiger partial charge in [-0.05, 0) is 30.3 Å². The van der Waals surface area contributed by atoms with Gasteiger partial charge in [-0.2, -0.15) is 0 Å². The van der Waals surface area contributed by atoms with E-state index in [1.165, 1.54) is 24.1 Å². The minimum atomic E-state index is -0.552. The van der Waals surface area contributed by atoms with Crippen molar-refractivity contribution in [1.82, 2.24) is 5.32 Å². The van der Waals surface area contributed by atoms with Crippen molar-refractivity contribution in [1.29, 1.82) is 0 Å². The normalized spacial score (nSPS) is 10.2. The summed E-state index contributed by atoms with van der Waals surface area (Å²) < 4.78 is 5.77. The Bertz CT molecular complexity index is 629. The summed E-state index contributed by atoms with van der Waals surface area (Å²) in [6.07, 6.45) is 1.37. The monoisotopic (exact) mass is 354 g/mol. The average Bonchev–Trinajstić information content (AvgIpc) is 2.91. The molecule has 0 saturated heterocycles. The highest BCUT2D eigenvalue weighted by atomic mass is 79.9. The SMILES string of the molecule is Nc1cc(Br)ccc1SCC(=O)NC(=O)c1ccco1. The summed E-state index contributed by atoms with van der Waals surface area (Å²) in [6.45, 7) is 0. The molecule has 0 radical (unpaired) electrons. The van der Waals surface area contributed by atoms with Gasteiger partial charge in [0.15, 0.2) is 5.76 Å². The third-order valence-electron chi connectivity index (χ3n) is 2.33. The quantitative estimate of drug-likeness (QED) is 0.651. The fraction of sp³-hybridized carbons (Fsp3) is 0.0769. The van der Waals surface area contributed by atoms with Gasteiger partial charge >= 0.3 is 0 Å². The minimum absolute atomic E-state index is 0.0955. The first-order valence-electron chi connectivity index (χ1n) is 5.62. The van der Waals surface area contributed by atoms with E-state index in [0.717, 1.165) is 9.37 Å². The summed E-state index contributed by atoms with van der Waals surface area (Å²) in [6, 6.07) is 8.48. The third-order valence-corrected chi connectivity index (χ3v) is 3.91. The molecule has 0 atom stereocenters. The largest absolute Gasteiger partial charge is 0.459 e. The lowest BCUT2D eigenvalue weighted by Crippen LogP contribution is -2.31. The Morgan fingerprint density at radius 2 is 2.15 bits per heavy atom. The molecule has 2 rings (SSSR count). The number of thioether (sulfide) groups is 1. The number of hydrogen-bond acceptors (Lipinski definition) is 5. The molecule has 2 amide bonds. The topological polar surface area (TPSA) is 85.3 Å². The van der Waals surface area contributed by atoms with E-state index in [1.807, 2.05) is 12.1 Å². The second kappa shape index (κ2) is 6.62. The fourth-order valence-electron chi connectivity index (χ4n) is 1.43. The van der Waals surface area contributed by atoms with Gasteiger partial charge < -0.3 is 10.2 Å². The molecule has 0 spiro atoms. The van der Waals surface area contributed by atoms with Gasteiger partial charge in [0.25, 0.3) is 5.91 Å². The number of furan rings is 1. The van der Waals surface area contributed by atoms with Crippen LogP contribution in [0.4, 0.5) is 5.69 Å². The summed E-state index contributed by atoms with van der Waals surface area (Å²) in [4.78, 5) is 24.0. The lowest BCUT2D eigenvalue weighted by atomic mass is 10.3. The third kappa shape index (κ3) is 3.88. The van der Waals surface area contributed by atoms with Gasteiger partial charge in [-0.3, -0.25) is 14.9 Å². The summed E-state index contributed by atoms with van der Waals surface area (Å²) in [5.74, 6) is -0.757. The van der Waals surface area contributed by atoms with Gasteiger partial charge in [0.2, 0.25) is 5.91 Å². The van der Waals surface area contributed by atoms with Crippen LogP contribution in [0.2, 0.25) is 0 Å². The van der Waals surface area contributed by atoms with Crippen LogP contribution in [0.25, 0.3) is 0 Å². The maximum atomic E-state index is 11.7. The van der Waals surface area contributed by atoms with Crippen molar-refractivity contribution in [3.63, 3.8) is 0 Å². The number of carbonyl (C=O) groups excluding carboxylic acids is 2. The van der Waals surface area contributed by atoms with Crippen LogP contribution < -0.4 is 11.1 Å². The van der Waals surface area contributed by atoms with E-state index in [4.69, 9.17) is 10.2 Å². The van der Waals surface area contributed by atoms with Gasteiger partial charge in [-0.15, -0.1) is 11.8 Å². The number of benzene rings is 1. The van der Waals surface area contributed by atoms with Gasteiger partial charge in [-0.25, -0.2) is 0 Å². The van der Waals surface area contributed by atoms with Crippen LogP contribution in [0.15, 0.2) is 50.4 Å². The highest BCUT2D eigenvalue weighted by Crippen LogP contribution is 2.27. The zero-order chi connectivity index (χ0) is 14.5. The number of amides is 2. The average molecular weight is 355 g/mol. The number of nitrogens with one attached hydrogen (secondary N) is 1. The first-order valence-corrected chi connectivity index (χ1v) is 7.39. The van der Waals surface area contributed by atoms with Crippen molar-refractivity contribution < 1.29 is 14.0 Å². The molecule has 1 aromatic heterocycles. The van der Waals surface area contributed by atoms with Crippen LogP contribution in [0.5, 0.6) is 0 Å². The van der Waals surface area contributed by atoms with Crippen LogP contribution in [0, 0.1) is 0 Å². The summed E-state index contributed by atoms with van der Waals surface area (Å²) in [5.41, 5.74) is 6.40. The van der Waals surface area contributed by atoms with Crippen molar-refractivity contribution in [2.45, 2.75) is 4.90 Å². The summed E-state index contributed by atoms with van der Waals surface area (Å²) >= 11 is 4.57. The van der Waals surface area contributed by atoms with Crippen molar-refractivity contribution in [3.8, 4) is 0 Å². The standard InChI is InChI=1S/C13H11BrN2O3S/c14-8-3-4-11(9(15)6-8)20-7-12(17)16-13(18)10-2-1-5-19-10/h1-6H,7,15H2,(H,16,17,18). The highest BCUT2D eigenvalue weighted by molar-refractivity contribution is 9.10. The first-order chi connectivity index (χ1) is 9.56. The second-order valence-corrected chi connectivity index (χ2v) is 5.76. The maximum absolute atomic E-state index is 11.7. The molecule has 3 N–H and O–H groups in total. The summed E-state index contributed by atoms with van der Waals surface area (Å²) in [5, 5.41) is 2.24. The molecular weight excluding hydrogens is 344 g/mol. The molecule has 20 heavy (non-hydrogen) atoms. The molecular formula is C13H11BrN2O3S. The van der Waals surface area contributed by atoms with E-state index in [-0.39, 0.29) is 11.5 Å². The molecule has 5 nitrogen and oxygen atoms in total. The van der Waals surface area contributed by atoms with Gasteiger partial charge in [0.05, 0.1) is 12.0 Å². The summed E-state index contributed by atoms with van der Waals surface area (Å²) in [7, 11) is 0.